The summed E-state index contributed by atoms with van der Waals surface area (Å²) in [6.07, 6.45) is 0. The summed E-state index contributed by atoms with van der Waals surface area (Å²) in [7, 11) is 0. The van der Waals surface area contributed by atoms with Gasteiger partial charge in [-0.1, -0.05) is 48.2 Å². The van der Waals surface area contributed by atoms with Gasteiger partial charge in [-0.25, -0.2) is 8.78 Å². The molecule has 0 saturated carbocycles. The number of nitrogens with one attached hydrogen (secondary N) is 1. The van der Waals surface area contributed by atoms with Crippen LogP contribution >= 0.6 is 11.8 Å². The first-order valence-corrected chi connectivity index (χ1v) is 8.04. The second-order valence-corrected chi connectivity index (χ2v) is 6.08. The molecule has 0 saturated heterocycles. The van der Waals surface area contributed by atoms with Crippen molar-refractivity contribution in [1.82, 2.24) is 0 Å². The van der Waals surface area contributed by atoms with Crippen molar-refractivity contribution in [3.63, 3.8) is 0 Å². The van der Waals surface area contributed by atoms with E-state index in [-0.39, 0.29) is 0 Å². The molecule has 0 atom stereocenters. The standard InChI is InChI=1S/C19H13F2NOS/c20-14-9-6-10-15(21)18(14)19(23)22-16-11-4-5-12-17(16)24-13-7-2-1-3-8-13/h1-12H,(H,22,23). The fourth-order valence-electron chi connectivity index (χ4n) is 2.17. The molecule has 0 aliphatic rings. The van der Waals surface area contributed by atoms with E-state index in [4.69, 9.17) is 0 Å². The van der Waals surface area contributed by atoms with Crippen molar-refractivity contribution in [2.24, 2.45) is 0 Å². The average molecular weight is 341 g/mol. The van der Waals surface area contributed by atoms with Gasteiger partial charge in [0.15, 0.2) is 0 Å². The lowest BCUT2D eigenvalue weighted by atomic mass is 10.2. The van der Waals surface area contributed by atoms with Gasteiger partial charge in [0.1, 0.15) is 17.2 Å². The molecule has 0 aliphatic heterocycles. The van der Waals surface area contributed by atoms with Crippen LogP contribution in [0.1, 0.15) is 10.4 Å². The monoisotopic (exact) mass is 341 g/mol. The number of hydrogen-bond acceptors (Lipinski definition) is 2. The number of benzene rings is 3. The molecule has 24 heavy (non-hydrogen) atoms. The normalized spacial score (nSPS) is 10.4. The SMILES string of the molecule is O=C(Nc1ccccc1Sc1ccccc1)c1c(F)cccc1F. The molecule has 3 aromatic carbocycles. The number of carbonyl (C=O) groups is 1. The van der Waals surface area contributed by atoms with Crippen LogP contribution in [0.4, 0.5) is 14.5 Å². The quantitative estimate of drug-likeness (QED) is 0.691. The summed E-state index contributed by atoms with van der Waals surface area (Å²) in [5, 5.41) is 2.59. The molecule has 1 N–H and O–H groups in total. The number of para-hydroxylation sites is 1. The fraction of sp³-hybridized carbons (Fsp3) is 0. The summed E-state index contributed by atoms with van der Waals surface area (Å²) in [6, 6.07) is 20.1. The summed E-state index contributed by atoms with van der Waals surface area (Å²) in [5.41, 5.74) is -0.0870. The molecule has 0 unspecified atom stereocenters. The molecular weight excluding hydrogens is 328 g/mol. The van der Waals surface area contributed by atoms with Crippen molar-refractivity contribution in [3.8, 4) is 0 Å². The summed E-state index contributed by atoms with van der Waals surface area (Å²) in [6.45, 7) is 0. The molecule has 0 fully saturated rings. The van der Waals surface area contributed by atoms with Crippen molar-refractivity contribution in [1.29, 1.82) is 0 Å². The van der Waals surface area contributed by atoms with Crippen LogP contribution in [0.3, 0.4) is 0 Å². The first kappa shape index (κ1) is 16.2. The van der Waals surface area contributed by atoms with E-state index in [9.17, 15) is 13.6 Å². The van der Waals surface area contributed by atoms with Gasteiger partial charge in [-0.2, -0.15) is 0 Å². The van der Waals surface area contributed by atoms with E-state index in [1.54, 1.807) is 12.1 Å². The molecule has 0 radical (unpaired) electrons. The third-order valence-corrected chi connectivity index (χ3v) is 4.38. The third kappa shape index (κ3) is 3.63. The molecule has 2 nitrogen and oxygen atoms in total. The van der Waals surface area contributed by atoms with Crippen molar-refractivity contribution in [3.05, 3.63) is 90.0 Å². The van der Waals surface area contributed by atoms with Crippen LogP contribution in [-0.4, -0.2) is 5.91 Å². The zero-order valence-electron chi connectivity index (χ0n) is 12.5. The van der Waals surface area contributed by atoms with Crippen LogP contribution in [0.2, 0.25) is 0 Å². The smallest absolute Gasteiger partial charge is 0.261 e. The maximum atomic E-state index is 13.7. The molecule has 0 aliphatic carbocycles. The number of anilines is 1. The van der Waals surface area contributed by atoms with Gasteiger partial charge < -0.3 is 5.32 Å². The van der Waals surface area contributed by atoms with Gasteiger partial charge in [0.25, 0.3) is 5.91 Å². The number of rotatable bonds is 4. The van der Waals surface area contributed by atoms with Gasteiger partial charge >= 0.3 is 0 Å². The molecule has 0 spiro atoms. The van der Waals surface area contributed by atoms with E-state index in [0.717, 1.165) is 21.9 Å². The number of halogens is 2. The van der Waals surface area contributed by atoms with Crippen LogP contribution in [-0.2, 0) is 0 Å². The van der Waals surface area contributed by atoms with Gasteiger partial charge in [-0.05, 0) is 36.4 Å². The highest BCUT2D eigenvalue weighted by Crippen LogP contribution is 2.33. The largest absolute Gasteiger partial charge is 0.321 e. The van der Waals surface area contributed by atoms with Crippen LogP contribution in [0.25, 0.3) is 0 Å². The molecule has 0 bridgehead atoms. The predicted octanol–water partition coefficient (Wildman–Crippen LogP) is 5.37. The highest BCUT2D eigenvalue weighted by molar-refractivity contribution is 7.99. The van der Waals surface area contributed by atoms with Gasteiger partial charge in [-0.15, -0.1) is 0 Å². The summed E-state index contributed by atoms with van der Waals surface area (Å²) in [5.74, 6) is -2.59. The molecule has 0 heterocycles. The number of carbonyl (C=O) groups excluding carboxylic acids is 1. The molecule has 120 valence electrons. The van der Waals surface area contributed by atoms with Crippen LogP contribution in [0, 0.1) is 11.6 Å². The van der Waals surface area contributed by atoms with Gasteiger partial charge in [0.2, 0.25) is 0 Å². The highest BCUT2D eigenvalue weighted by Gasteiger charge is 2.18. The van der Waals surface area contributed by atoms with E-state index in [0.29, 0.717) is 5.69 Å². The lowest BCUT2D eigenvalue weighted by Crippen LogP contribution is -2.16. The Hall–Kier alpha value is -2.66. The second kappa shape index (κ2) is 7.27. The van der Waals surface area contributed by atoms with Gasteiger partial charge in [-0.3, -0.25) is 4.79 Å². The van der Waals surface area contributed by atoms with E-state index in [1.807, 2.05) is 42.5 Å². The lowest BCUT2D eigenvalue weighted by molar-refractivity contribution is 0.101. The highest BCUT2D eigenvalue weighted by atomic mass is 32.2. The maximum Gasteiger partial charge on any atom is 0.261 e. The zero-order chi connectivity index (χ0) is 16.9. The summed E-state index contributed by atoms with van der Waals surface area (Å²) in [4.78, 5) is 14.0. The van der Waals surface area contributed by atoms with E-state index in [2.05, 4.69) is 5.32 Å². The molecule has 1 amide bonds. The Kier molecular flexibility index (Phi) is 4.91. The molecular formula is C19H13F2NOS. The maximum absolute atomic E-state index is 13.7. The number of amides is 1. The van der Waals surface area contributed by atoms with Crippen molar-refractivity contribution in [2.75, 3.05) is 5.32 Å². The van der Waals surface area contributed by atoms with Crippen molar-refractivity contribution in [2.45, 2.75) is 9.79 Å². The minimum Gasteiger partial charge on any atom is -0.321 e. The lowest BCUT2D eigenvalue weighted by Gasteiger charge is -2.11. The Morgan fingerprint density at radius 3 is 2.12 bits per heavy atom. The van der Waals surface area contributed by atoms with Crippen molar-refractivity contribution < 1.29 is 13.6 Å². The van der Waals surface area contributed by atoms with Crippen LogP contribution < -0.4 is 5.32 Å². The topological polar surface area (TPSA) is 29.1 Å². The Labute approximate surface area is 142 Å². The third-order valence-electron chi connectivity index (χ3n) is 3.30. The van der Waals surface area contributed by atoms with E-state index < -0.39 is 23.1 Å². The second-order valence-electron chi connectivity index (χ2n) is 4.96. The van der Waals surface area contributed by atoms with Gasteiger partial charge in [0.05, 0.1) is 5.69 Å². The minimum absolute atomic E-state index is 0.499. The first-order valence-electron chi connectivity index (χ1n) is 7.22. The average Bonchev–Trinajstić information content (AvgIpc) is 2.57. The Morgan fingerprint density at radius 1 is 0.792 bits per heavy atom. The zero-order valence-corrected chi connectivity index (χ0v) is 13.3. The first-order chi connectivity index (χ1) is 11.6. The predicted molar refractivity (Wildman–Crippen MR) is 91.3 cm³/mol. The Bertz CT molecular complexity index is 848. The summed E-state index contributed by atoms with van der Waals surface area (Å²) < 4.78 is 27.5. The van der Waals surface area contributed by atoms with Crippen molar-refractivity contribution >= 4 is 23.4 Å². The van der Waals surface area contributed by atoms with Gasteiger partial charge in [0, 0.05) is 9.79 Å². The molecule has 0 aromatic heterocycles. The van der Waals surface area contributed by atoms with Crippen LogP contribution in [0.15, 0.2) is 82.6 Å². The van der Waals surface area contributed by atoms with E-state index in [1.165, 1.54) is 17.8 Å². The Morgan fingerprint density at radius 2 is 1.42 bits per heavy atom. The fourth-order valence-corrected chi connectivity index (χ4v) is 3.10. The minimum atomic E-state index is -0.888. The molecule has 5 heteroatoms. The Balaban J connectivity index is 1.87. The van der Waals surface area contributed by atoms with E-state index >= 15 is 0 Å². The summed E-state index contributed by atoms with van der Waals surface area (Å²) >= 11 is 1.46. The molecule has 3 rings (SSSR count). The molecule has 3 aromatic rings. The van der Waals surface area contributed by atoms with Crippen LogP contribution in [0.5, 0.6) is 0 Å². The number of hydrogen-bond donors (Lipinski definition) is 1.